The molecule has 0 bridgehead atoms. The topological polar surface area (TPSA) is 12.0 Å². The van der Waals surface area contributed by atoms with Crippen molar-refractivity contribution < 1.29 is 0 Å². The lowest BCUT2D eigenvalue weighted by Gasteiger charge is -2.18. The Hall–Kier alpha value is -0.350. The van der Waals surface area contributed by atoms with E-state index in [0.29, 0.717) is 6.04 Å². The Labute approximate surface area is 132 Å². The Kier molecular flexibility index (Phi) is 5.46. The second-order valence-electron chi connectivity index (χ2n) is 4.55. The van der Waals surface area contributed by atoms with Gasteiger partial charge in [-0.05, 0) is 52.7 Å². The summed E-state index contributed by atoms with van der Waals surface area (Å²) in [6, 6.07) is 8.81. The number of halogens is 2. The Morgan fingerprint density at radius 1 is 1.37 bits per heavy atom. The van der Waals surface area contributed by atoms with E-state index in [1.54, 1.807) is 11.3 Å². The maximum Gasteiger partial charge on any atom is 0.0435 e. The van der Waals surface area contributed by atoms with Gasteiger partial charge in [-0.3, -0.25) is 0 Å². The Balaban J connectivity index is 2.21. The van der Waals surface area contributed by atoms with E-state index in [1.807, 2.05) is 6.07 Å². The molecule has 19 heavy (non-hydrogen) atoms. The molecule has 1 aromatic carbocycles. The first-order chi connectivity index (χ1) is 9.10. The van der Waals surface area contributed by atoms with Gasteiger partial charge in [-0.25, -0.2) is 0 Å². The minimum absolute atomic E-state index is 0.339. The van der Waals surface area contributed by atoms with E-state index in [4.69, 9.17) is 11.6 Å². The monoisotopic (exact) mass is 357 g/mol. The van der Waals surface area contributed by atoms with Gasteiger partial charge in [0.1, 0.15) is 0 Å². The van der Waals surface area contributed by atoms with E-state index in [-0.39, 0.29) is 0 Å². The van der Waals surface area contributed by atoms with Crippen LogP contribution >= 0.6 is 38.9 Å². The van der Waals surface area contributed by atoms with Crippen molar-refractivity contribution >= 4 is 38.9 Å². The number of hydrogen-bond acceptors (Lipinski definition) is 2. The normalized spacial score (nSPS) is 12.6. The van der Waals surface area contributed by atoms with Gasteiger partial charge >= 0.3 is 0 Å². The van der Waals surface area contributed by atoms with E-state index < -0.39 is 0 Å². The van der Waals surface area contributed by atoms with Gasteiger partial charge in [0.15, 0.2) is 0 Å². The first-order valence-corrected chi connectivity index (χ1v) is 8.37. The number of benzene rings is 1. The van der Waals surface area contributed by atoms with Crippen LogP contribution in [-0.2, 0) is 6.42 Å². The molecule has 0 spiro atoms. The molecular weight excluding hydrogens is 342 g/mol. The molecule has 1 unspecified atom stereocenters. The standard InChI is InChI=1S/C15H17BrClNS/c1-3-18-15(8-13-7-12(16)9-19-13)11-4-5-14(17)10(2)6-11/h4-7,9,15,18H,3,8H2,1-2H3. The third-order valence-corrected chi connectivity index (χ3v) is 5.21. The van der Waals surface area contributed by atoms with Gasteiger partial charge in [0, 0.05) is 32.2 Å². The third-order valence-electron chi connectivity index (χ3n) is 3.06. The maximum atomic E-state index is 6.10. The lowest BCUT2D eigenvalue weighted by Crippen LogP contribution is -2.22. The number of nitrogens with one attached hydrogen (secondary N) is 1. The second kappa shape index (κ2) is 6.89. The number of hydrogen-bond donors (Lipinski definition) is 1. The fourth-order valence-corrected chi connectivity index (χ4v) is 3.72. The number of thiophene rings is 1. The second-order valence-corrected chi connectivity index (χ2v) is 6.87. The summed E-state index contributed by atoms with van der Waals surface area (Å²) in [5, 5.41) is 6.51. The van der Waals surface area contributed by atoms with Crippen LogP contribution in [0, 0.1) is 6.92 Å². The van der Waals surface area contributed by atoms with Crippen LogP contribution in [-0.4, -0.2) is 6.54 Å². The first kappa shape index (κ1) is 15.0. The fraction of sp³-hybridized carbons (Fsp3) is 0.333. The molecule has 0 fully saturated rings. The summed E-state index contributed by atoms with van der Waals surface area (Å²) in [5.74, 6) is 0. The van der Waals surface area contributed by atoms with Crippen molar-refractivity contribution in [2.75, 3.05) is 6.54 Å². The predicted octanol–water partition coefficient (Wildman–Crippen LogP) is 5.37. The smallest absolute Gasteiger partial charge is 0.0435 e. The highest BCUT2D eigenvalue weighted by atomic mass is 79.9. The van der Waals surface area contributed by atoms with Crippen LogP contribution in [0.5, 0.6) is 0 Å². The molecule has 1 atom stereocenters. The van der Waals surface area contributed by atoms with E-state index in [9.17, 15) is 0 Å². The molecule has 0 saturated heterocycles. The molecule has 0 saturated carbocycles. The SMILES string of the molecule is CCNC(Cc1cc(Br)cs1)c1ccc(Cl)c(C)c1. The molecule has 0 aliphatic heterocycles. The Morgan fingerprint density at radius 2 is 2.16 bits per heavy atom. The van der Waals surface area contributed by atoms with Crippen LogP contribution in [0.4, 0.5) is 0 Å². The zero-order valence-electron chi connectivity index (χ0n) is 11.0. The van der Waals surface area contributed by atoms with Crippen molar-refractivity contribution in [3.05, 3.63) is 55.1 Å². The molecule has 0 radical (unpaired) electrons. The lowest BCUT2D eigenvalue weighted by molar-refractivity contribution is 0.553. The summed E-state index contributed by atoms with van der Waals surface area (Å²) in [7, 11) is 0. The number of likely N-dealkylation sites (N-methyl/N-ethyl adjacent to an activating group) is 1. The van der Waals surface area contributed by atoms with E-state index in [1.165, 1.54) is 10.4 Å². The summed E-state index contributed by atoms with van der Waals surface area (Å²) in [5.41, 5.74) is 2.43. The highest BCUT2D eigenvalue weighted by molar-refractivity contribution is 9.10. The molecule has 4 heteroatoms. The van der Waals surface area contributed by atoms with Crippen molar-refractivity contribution in [1.82, 2.24) is 5.32 Å². The highest BCUT2D eigenvalue weighted by Gasteiger charge is 2.13. The van der Waals surface area contributed by atoms with E-state index in [0.717, 1.165) is 28.0 Å². The zero-order chi connectivity index (χ0) is 13.8. The molecule has 102 valence electrons. The molecule has 2 rings (SSSR count). The van der Waals surface area contributed by atoms with Gasteiger partial charge in [0.05, 0.1) is 0 Å². The summed E-state index contributed by atoms with van der Waals surface area (Å²) >= 11 is 11.4. The van der Waals surface area contributed by atoms with Crippen LogP contribution in [0.3, 0.4) is 0 Å². The van der Waals surface area contributed by atoms with E-state index >= 15 is 0 Å². The van der Waals surface area contributed by atoms with Gasteiger partial charge < -0.3 is 5.32 Å². The lowest BCUT2D eigenvalue weighted by atomic mass is 10.0. The minimum Gasteiger partial charge on any atom is -0.310 e. The van der Waals surface area contributed by atoms with Gasteiger partial charge in [0.2, 0.25) is 0 Å². The van der Waals surface area contributed by atoms with Crippen molar-refractivity contribution in [3.63, 3.8) is 0 Å². The van der Waals surface area contributed by atoms with Crippen molar-refractivity contribution in [1.29, 1.82) is 0 Å². The van der Waals surface area contributed by atoms with Crippen LogP contribution in [0.2, 0.25) is 5.02 Å². The summed E-state index contributed by atoms with van der Waals surface area (Å²) in [6.07, 6.45) is 1.01. The van der Waals surface area contributed by atoms with Crippen molar-refractivity contribution in [2.24, 2.45) is 0 Å². The van der Waals surface area contributed by atoms with E-state index in [2.05, 4.69) is 58.7 Å². The third kappa shape index (κ3) is 4.06. The first-order valence-electron chi connectivity index (χ1n) is 6.32. The van der Waals surface area contributed by atoms with Gasteiger partial charge in [-0.2, -0.15) is 0 Å². The minimum atomic E-state index is 0.339. The zero-order valence-corrected chi connectivity index (χ0v) is 14.2. The molecule has 0 aliphatic carbocycles. The quantitative estimate of drug-likeness (QED) is 0.758. The van der Waals surface area contributed by atoms with Crippen LogP contribution in [0.25, 0.3) is 0 Å². The Bertz CT molecular complexity index is 553. The Morgan fingerprint density at radius 3 is 2.74 bits per heavy atom. The maximum absolute atomic E-state index is 6.10. The van der Waals surface area contributed by atoms with Crippen molar-refractivity contribution in [2.45, 2.75) is 26.3 Å². The largest absolute Gasteiger partial charge is 0.310 e. The summed E-state index contributed by atoms with van der Waals surface area (Å²) in [4.78, 5) is 1.38. The predicted molar refractivity (Wildman–Crippen MR) is 88.3 cm³/mol. The molecule has 1 nitrogen and oxygen atoms in total. The average molecular weight is 359 g/mol. The summed E-state index contributed by atoms with van der Waals surface area (Å²) in [6.45, 7) is 5.15. The molecule has 2 aromatic rings. The number of rotatable bonds is 5. The number of aryl methyl sites for hydroxylation is 1. The van der Waals surface area contributed by atoms with Crippen molar-refractivity contribution in [3.8, 4) is 0 Å². The molecule has 0 amide bonds. The van der Waals surface area contributed by atoms with Crippen LogP contribution in [0.15, 0.2) is 34.1 Å². The van der Waals surface area contributed by atoms with Crippen LogP contribution < -0.4 is 5.32 Å². The molecular formula is C15H17BrClNS. The molecule has 1 N–H and O–H groups in total. The average Bonchev–Trinajstić information content (AvgIpc) is 2.78. The molecule has 1 aromatic heterocycles. The van der Waals surface area contributed by atoms with Crippen LogP contribution in [0.1, 0.15) is 29.0 Å². The highest BCUT2D eigenvalue weighted by Crippen LogP contribution is 2.27. The van der Waals surface area contributed by atoms with Gasteiger partial charge in [-0.15, -0.1) is 11.3 Å². The molecule has 0 aliphatic rings. The van der Waals surface area contributed by atoms with Gasteiger partial charge in [-0.1, -0.05) is 30.7 Å². The van der Waals surface area contributed by atoms with Gasteiger partial charge in [0.25, 0.3) is 0 Å². The molecule has 1 heterocycles. The fourth-order valence-electron chi connectivity index (χ4n) is 2.10. The summed E-state index contributed by atoms with van der Waals surface area (Å²) < 4.78 is 1.16.